The highest BCUT2D eigenvalue weighted by molar-refractivity contribution is 6.34. The lowest BCUT2D eigenvalue weighted by Crippen LogP contribution is -2.48. The van der Waals surface area contributed by atoms with E-state index in [0.717, 1.165) is 11.3 Å². The number of hydrogen-bond donors (Lipinski definition) is 1. The van der Waals surface area contributed by atoms with Crippen LogP contribution in [0.5, 0.6) is 0 Å². The van der Waals surface area contributed by atoms with Crippen LogP contribution in [0.4, 0.5) is 4.79 Å². The van der Waals surface area contributed by atoms with Gasteiger partial charge in [0, 0.05) is 41.4 Å². The van der Waals surface area contributed by atoms with Crippen molar-refractivity contribution in [1.82, 2.24) is 14.5 Å². The van der Waals surface area contributed by atoms with Crippen LogP contribution in [0.15, 0.2) is 30.7 Å². The molecule has 32 heavy (non-hydrogen) atoms. The van der Waals surface area contributed by atoms with Gasteiger partial charge in [-0.2, -0.15) is 0 Å². The fourth-order valence-corrected chi connectivity index (χ4v) is 3.96. The van der Waals surface area contributed by atoms with Crippen molar-refractivity contribution in [1.29, 1.82) is 0 Å². The number of aromatic nitrogens is 2. The number of carbonyl (C=O) groups excluding carboxylic acids is 1. The number of benzene rings is 1. The zero-order valence-electron chi connectivity index (χ0n) is 19.1. The second kappa shape index (κ2) is 11.1. The molecule has 1 aromatic heterocycles. The Hall–Kier alpha value is -2.25. The quantitative estimate of drug-likeness (QED) is 0.474. The number of ether oxygens (including phenoxy) is 1. The van der Waals surface area contributed by atoms with E-state index in [2.05, 4.69) is 4.98 Å². The van der Waals surface area contributed by atoms with Gasteiger partial charge < -0.3 is 14.4 Å². The van der Waals surface area contributed by atoms with E-state index < -0.39 is 23.7 Å². The number of esters is 1. The van der Waals surface area contributed by atoms with Crippen LogP contribution in [0.3, 0.4) is 0 Å². The summed E-state index contributed by atoms with van der Waals surface area (Å²) in [5.74, 6) is -0.414. The molecule has 0 fully saturated rings. The predicted molar refractivity (Wildman–Crippen MR) is 125 cm³/mol. The Morgan fingerprint density at radius 2 is 1.81 bits per heavy atom. The molecule has 0 saturated heterocycles. The van der Waals surface area contributed by atoms with E-state index in [1.54, 1.807) is 39.4 Å². The maximum atomic E-state index is 12.8. The molecule has 0 bridgehead atoms. The van der Waals surface area contributed by atoms with Gasteiger partial charge in [-0.1, -0.05) is 37.0 Å². The van der Waals surface area contributed by atoms with E-state index >= 15 is 0 Å². The normalized spacial score (nSPS) is 12.6. The number of halogens is 2. The largest absolute Gasteiger partial charge is 0.465 e. The maximum Gasteiger partial charge on any atom is 0.408 e. The summed E-state index contributed by atoms with van der Waals surface area (Å²) in [5, 5.41) is 10.9. The fourth-order valence-electron chi connectivity index (χ4n) is 3.38. The number of carbonyl (C=O) groups is 2. The summed E-state index contributed by atoms with van der Waals surface area (Å²) in [4.78, 5) is 30.2. The standard InChI is InChI=1S/C23H31Cl2N3O4/c1-15(2)8-20(21(29)32-23(3,4)5)28(22(30)31)7-6-19-12-26-14-27(19)13-16-9-17(24)11-18(25)10-16/h9-12,14-15,20H,6-8,13H2,1-5H3,(H,30,31). The Labute approximate surface area is 199 Å². The summed E-state index contributed by atoms with van der Waals surface area (Å²) < 4.78 is 7.42. The van der Waals surface area contributed by atoms with Crippen molar-refractivity contribution in [2.24, 2.45) is 5.92 Å². The lowest BCUT2D eigenvalue weighted by atomic mass is 10.0. The van der Waals surface area contributed by atoms with Crippen molar-refractivity contribution < 1.29 is 19.4 Å². The van der Waals surface area contributed by atoms with E-state index in [0.29, 0.717) is 29.4 Å². The molecule has 1 N–H and O–H groups in total. The molecule has 7 nitrogen and oxygen atoms in total. The molecule has 0 saturated carbocycles. The molecule has 1 amide bonds. The summed E-state index contributed by atoms with van der Waals surface area (Å²) in [7, 11) is 0. The SMILES string of the molecule is CC(C)CC(C(=O)OC(C)(C)C)N(CCc1cncn1Cc1cc(Cl)cc(Cl)c1)C(=O)O. The molecule has 1 unspecified atom stereocenters. The van der Waals surface area contributed by atoms with E-state index in [4.69, 9.17) is 27.9 Å². The number of rotatable bonds is 9. The molecule has 2 aromatic rings. The van der Waals surface area contributed by atoms with Crippen molar-refractivity contribution in [3.05, 3.63) is 52.0 Å². The van der Waals surface area contributed by atoms with Crippen molar-refractivity contribution >= 4 is 35.3 Å². The first-order valence-corrected chi connectivity index (χ1v) is 11.3. The van der Waals surface area contributed by atoms with Crippen LogP contribution in [0, 0.1) is 5.92 Å². The molecular formula is C23H31Cl2N3O4. The zero-order chi connectivity index (χ0) is 24.1. The van der Waals surface area contributed by atoms with Crippen molar-refractivity contribution in [2.75, 3.05) is 6.54 Å². The topological polar surface area (TPSA) is 84.7 Å². The Morgan fingerprint density at radius 1 is 1.19 bits per heavy atom. The minimum absolute atomic E-state index is 0.118. The highest BCUT2D eigenvalue weighted by Crippen LogP contribution is 2.21. The molecule has 0 aliphatic carbocycles. The number of imidazole rings is 1. The Kier molecular flexibility index (Phi) is 8.98. The minimum Gasteiger partial charge on any atom is -0.465 e. The van der Waals surface area contributed by atoms with Crippen molar-refractivity contribution in [3.8, 4) is 0 Å². The number of amides is 1. The predicted octanol–water partition coefficient (Wildman–Crippen LogP) is 5.52. The Bertz CT molecular complexity index is 917. The average Bonchev–Trinajstić information content (AvgIpc) is 3.05. The summed E-state index contributed by atoms with van der Waals surface area (Å²) in [6, 6.07) is 4.43. The minimum atomic E-state index is -1.16. The van der Waals surface area contributed by atoms with E-state index in [1.807, 2.05) is 30.5 Å². The van der Waals surface area contributed by atoms with Gasteiger partial charge in [-0.25, -0.2) is 14.6 Å². The first kappa shape index (κ1) is 26.0. The molecule has 1 atom stereocenters. The van der Waals surface area contributed by atoms with Crippen LogP contribution >= 0.6 is 23.2 Å². The second-order valence-electron chi connectivity index (χ2n) is 9.20. The van der Waals surface area contributed by atoms with Gasteiger partial charge in [0.05, 0.1) is 6.33 Å². The molecule has 0 radical (unpaired) electrons. The van der Waals surface area contributed by atoms with Gasteiger partial charge in [-0.3, -0.25) is 4.90 Å². The van der Waals surface area contributed by atoms with Gasteiger partial charge in [0.25, 0.3) is 0 Å². The van der Waals surface area contributed by atoms with Gasteiger partial charge in [-0.05, 0) is 56.9 Å². The average molecular weight is 484 g/mol. The van der Waals surface area contributed by atoms with Crippen LogP contribution in [-0.4, -0.2) is 49.8 Å². The van der Waals surface area contributed by atoms with Crippen LogP contribution in [0.25, 0.3) is 0 Å². The van der Waals surface area contributed by atoms with E-state index in [-0.39, 0.29) is 12.5 Å². The summed E-state index contributed by atoms with van der Waals surface area (Å²) in [6.07, 6.45) is 2.97. The van der Waals surface area contributed by atoms with Gasteiger partial charge >= 0.3 is 12.1 Å². The number of hydrogen-bond acceptors (Lipinski definition) is 4. The Balaban J connectivity index is 2.18. The Morgan fingerprint density at radius 3 is 2.34 bits per heavy atom. The molecule has 0 aliphatic heterocycles. The molecule has 1 aromatic carbocycles. The first-order chi connectivity index (χ1) is 14.9. The molecule has 1 heterocycles. The molecule has 0 spiro atoms. The molecule has 0 aliphatic rings. The number of nitrogens with zero attached hydrogens (tertiary/aromatic N) is 3. The smallest absolute Gasteiger partial charge is 0.408 e. The third-order valence-corrected chi connectivity index (χ3v) is 5.11. The lowest BCUT2D eigenvalue weighted by Gasteiger charge is -2.31. The highest BCUT2D eigenvalue weighted by atomic mass is 35.5. The number of carboxylic acid groups (broad SMARTS) is 1. The van der Waals surface area contributed by atoms with Gasteiger partial charge in [0.1, 0.15) is 11.6 Å². The fraction of sp³-hybridized carbons (Fsp3) is 0.522. The van der Waals surface area contributed by atoms with Crippen LogP contribution in [-0.2, 0) is 22.5 Å². The first-order valence-electron chi connectivity index (χ1n) is 10.5. The molecule has 9 heteroatoms. The van der Waals surface area contributed by atoms with Crippen molar-refractivity contribution in [3.63, 3.8) is 0 Å². The monoisotopic (exact) mass is 483 g/mol. The van der Waals surface area contributed by atoms with E-state index in [1.165, 1.54) is 4.90 Å². The molecular weight excluding hydrogens is 453 g/mol. The third kappa shape index (κ3) is 8.02. The van der Waals surface area contributed by atoms with E-state index in [9.17, 15) is 14.7 Å². The zero-order valence-corrected chi connectivity index (χ0v) is 20.7. The molecule has 2 rings (SSSR count). The van der Waals surface area contributed by atoms with Gasteiger partial charge in [-0.15, -0.1) is 0 Å². The summed E-state index contributed by atoms with van der Waals surface area (Å²) >= 11 is 12.2. The highest BCUT2D eigenvalue weighted by Gasteiger charge is 2.34. The summed E-state index contributed by atoms with van der Waals surface area (Å²) in [6.45, 7) is 9.82. The van der Waals surface area contributed by atoms with Crippen LogP contribution in [0.1, 0.15) is 52.3 Å². The van der Waals surface area contributed by atoms with Crippen LogP contribution < -0.4 is 0 Å². The van der Waals surface area contributed by atoms with Crippen LogP contribution in [0.2, 0.25) is 10.0 Å². The maximum absolute atomic E-state index is 12.8. The lowest BCUT2D eigenvalue weighted by molar-refractivity contribution is -0.161. The molecule has 176 valence electrons. The third-order valence-electron chi connectivity index (χ3n) is 4.68. The van der Waals surface area contributed by atoms with Gasteiger partial charge in [0.2, 0.25) is 0 Å². The van der Waals surface area contributed by atoms with Gasteiger partial charge in [0.15, 0.2) is 0 Å². The van der Waals surface area contributed by atoms with Crippen molar-refractivity contribution in [2.45, 2.75) is 65.6 Å². The second-order valence-corrected chi connectivity index (χ2v) is 10.1. The summed E-state index contributed by atoms with van der Waals surface area (Å²) in [5.41, 5.74) is 1.04.